The summed E-state index contributed by atoms with van der Waals surface area (Å²) < 4.78 is 27.5. The third-order valence-corrected chi connectivity index (χ3v) is 6.14. The second-order valence-electron chi connectivity index (χ2n) is 6.58. The summed E-state index contributed by atoms with van der Waals surface area (Å²) in [7, 11) is -3.68. The van der Waals surface area contributed by atoms with Gasteiger partial charge in [0.1, 0.15) is 0 Å². The lowest BCUT2D eigenvalue weighted by Gasteiger charge is -2.21. The molecule has 1 heterocycles. The van der Waals surface area contributed by atoms with Gasteiger partial charge in [-0.1, -0.05) is 31.2 Å². The fraction of sp³-hybridized carbons (Fsp3) is 0.350. The summed E-state index contributed by atoms with van der Waals surface area (Å²) in [6, 6.07) is 14.9. The summed E-state index contributed by atoms with van der Waals surface area (Å²) in [5.74, 6) is -0.0614. The highest BCUT2D eigenvalue weighted by molar-refractivity contribution is 7.92. The molecule has 0 saturated carbocycles. The zero-order valence-corrected chi connectivity index (χ0v) is 16.3. The Bertz CT molecular complexity index is 884. The van der Waals surface area contributed by atoms with Crippen molar-refractivity contribution in [3.8, 4) is 0 Å². The lowest BCUT2D eigenvalue weighted by Crippen LogP contribution is -2.35. The van der Waals surface area contributed by atoms with Crippen LogP contribution in [0.15, 0.2) is 59.5 Å². The van der Waals surface area contributed by atoms with Crippen LogP contribution in [-0.2, 0) is 10.0 Å². The number of hydrogen-bond donors (Lipinski definition) is 1. The van der Waals surface area contributed by atoms with Gasteiger partial charge in [-0.3, -0.25) is 9.52 Å². The molecule has 1 amide bonds. The van der Waals surface area contributed by atoms with Crippen molar-refractivity contribution < 1.29 is 13.2 Å². The molecular formula is C20H25N3O3S. The second kappa shape index (κ2) is 8.54. The average Bonchev–Trinajstić information content (AvgIpc) is 2.93. The molecule has 2 aromatic carbocycles. The first kappa shape index (κ1) is 19.4. The highest BCUT2D eigenvalue weighted by Crippen LogP contribution is 2.18. The number of hydrogen-bond acceptors (Lipinski definition) is 4. The number of rotatable bonds is 5. The molecule has 0 aliphatic carbocycles. The number of nitrogens with one attached hydrogen (secondary N) is 1. The van der Waals surface area contributed by atoms with E-state index in [1.807, 2.05) is 4.90 Å². The highest BCUT2D eigenvalue weighted by atomic mass is 32.2. The summed E-state index contributed by atoms with van der Waals surface area (Å²) >= 11 is 0. The molecule has 0 bridgehead atoms. The van der Waals surface area contributed by atoms with Crippen LogP contribution in [0.3, 0.4) is 0 Å². The van der Waals surface area contributed by atoms with Crippen LogP contribution in [0.4, 0.5) is 5.69 Å². The average molecular weight is 388 g/mol. The van der Waals surface area contributed by atoms with E-state index in [0.717, 1.165) is 32.6 Å². The Hall–Kier alpha value is -2.38. The summed E-state index contributed by atoms with van der Waals surface area (Å²) in [6.45, 7) is 6.38. The third kappa shape index (κ3) is 4.87. The van der Waals surface area contributed by atoms with Crippen molar-refractivity contribution in [2.75, 3.05) is 37.4 Å². The summed E-state index contributed by atoms with van der Waals surface area (Å²) in [4.78, 5) is 17.2. The largest absolute Gasteiger partial charge is 0.337 e. The smallest absolute Gasteiger partial charge is 0.261 e. The summed E-state index contributed by atoms with van der Waals surface area (Å²) in [5, 5.41) is 0. The molecule has 27 heavy (non-hydrogen) atoms. The molecule has 3 rings (SSSR count). The van der Waals surface area contributed by atoms with Crippen LogP contribution in [0.5, 0.6) is 0 Å². The van der Waals surface area contributed by atoms with Gasteiger partial charge in [-0.2, -0.15) is 0 Å². The van der Waals surface area contributed by atoms with Crippen molar-refractivity contribution >= 4 is 21.6 Å². The van der Waals surface area contributed by atoms with Crippen molar-refractivity contribution in [1.82, 2.24) is 9.80 Å². The summed E-state index contributed by atoms with van der Waals surface area (Å²) in [6.07, 6.45) is 0.944. The van der Waals surface area contributed by atoms with Crippen LogP contribution in [0.1, 0.15) is 23.7 Å². The number of carbonyl (C=O) groups excluding carboxylic acids is 1. The van der Waals surface area contributed by atoms with E-state index in [1.54, 1.807) is 42.5 Å². The van der Waals surface area contributed by atoms with E-state index in [9.17, 15) is 13.2 Å². The van der Waals surface area contributed by atoms with Gasteiger partial charge in [0, 0.05) is 30.9 Å². The van der Waals surface area contributed by atoms with E-state index >= 15 is 0 Å². The molecule has 1 N–H and O–H groups in total. The molecule has 0 aromatic heterocycles. The predicted molar refractivity (Wildman–Crippen MR) is 106 cm³/mol. The Morgan fingerprint density at radius 1 is 1.00 bits per heavy atom. The Morgan fingerprint density at radius 3 is 2.52 bits per heavy atom. The summed E-state index contributed by atoms with van der Waals surface area (Å²) in [5.41, 5.74) is 0.878. The van der Waals surface area contributed by atoms with Crippen LogP contribution < -0.4 is 4.72 Å². The number of likely N-dealkylation sites (N-methyl/N-ethyl adjacent to an activating group) is 1. The Morgan fingerprint density at radius 2 is 1.78 bits per heavy atom. The van der Waals surface area contributed by atoms with Gasteiger partial charge in [0.05, 0.1) is 4.90 Å². The molecular weight excluding hydrogens is 362 g/mol. The van der Waals surface area contributed by atoms with Gasteiger partial charge in [0.15, 0.2) is 0 Å². The molecule has 1 fully saturated rings. The first-order valence-corrected chi connectivity index (χ1v) is 10.7. The molecule has 0 unspecified atom stereocenters. The lowest BCUT2D eigenvalue weighted by atomic mass is 10.1. The van der Waals surface area contributed by atoms with E-state index in [-0.39, 0.29) is 10.8 Å². The van der Waals surface area contributed by atoms with Crippen LogP contribution in [0, 0.1) is 0 Å². The van der Waals surface area contributed by atoms with Crippen LogP contribution in [0.25, 0.3) is 0 Å². The van der Waals surface area contributed by atoms with Crippen molar-refractivity contribution in [2.24, 2.45) is 0 Å². The minimum atomic E-state index is -3.68. The van der Waals surface area contributed by atoms with Gasteiger partial charge in [-0.05, 0) is 49.8 Å². The van der Waals surface area contributed by atoms with Crippen molar-refractivity contribution in [1.29, 1.82) is 0 Å². The fourth-order valence-corrected chi connectivity index (χ4v) is 4.27. The van der Waals surface area contributed by atoms with Crippen molar-refractivity contribution in [2.45, 2.75) is 18.2 Å². The van der Waals surface area contributed by atoms with Crippen LogP contribution in [0.2, 0.25) is 0 Å². The fourth-order valence-electron chi connectivity index (χ4n) is 3.20. The van der Waals surface area contributed by atoms with Crippen molar-refractivity contribution in [3.05, 3.63) is 60.2 Å². The molecule has 1 aliphatic rings. The first-order valence-electron chi connectivity index (χ1n) is 9.19. The van der Waals surface area contributed by atoms with E-state index in [2.05, 4.69) is 16.5 Å². The monoisotopic (exact) mass is 387 g/mol. The van der Waals surface area contributed by atoms with Gasteiger partial charge in [0.25, 0.3) is 15.9 Å². The van der Waals surface area contributed by atoms with Gasteiger partial charge in [0.2, 0.25) is 0 Å². The first-order chi connectivity index (χ1) is 13.0. The number of nitrogens with zero attached hydrogens (tertiary/aromatic N) is 2. The minimum absolute atomic E-state index is 0.0614. The van der Waals surface area contributed by atoms with Gasteiger partial charge in [-0.15, -0.1) is 0 Å². The molecule has 1 aliphatic heterocycles. The van der Waals surface area contributed by atoms with Gasteiger partial charge in [-0.25, -0.2) is 8.42 Å². The molecule has 0 spiro atoms. The standard InChI is InChI=1S/C20H25N3O3S/c1-2-22-12-7-13-23(15-14-22)20(24)17-8-6-9-18(16-17)21-27(25,26)19-10-4-3-5-11-19/h3-6,8-11,16,21H,2,7,12-15H2,1H3. The number of amides is 1. The zero-order valence-electron chi connectivity index (χ0n) is 15.5. The number of carbonyl (C=O) groups is 1. The van der Waals surface area contributed by atoms with E-state index in [0.29, 0.717) is 17.8 Å². The Labute approximate surface area is 160 Å². The molecule has 0 atom stereocenters. The number of anilines is 1. The van der Waals surface area contributed by atoms with Crippen LogP contribution in [-0.4, -0.2) is 56.8 Å². The topological polar surface area (TPSA) is 69.7 Å². The maximum Gasteiger partial charge on any atom is 0.261 e. The Kier molecular flexibility index (Phi) is 6.13. The minimum Gasteiger partial charge on any atom is -0.337 e. The maximum absolute atomic E-state index is 12.9. The van der Waals surface area contributed by atoms with E-state index < -0.39 is 10.0 Å². The molecule has 2 aromatic rings. The molecule has 7 heteroatoms. The quantitative estimate of drug-likeness (QED) is 0.856. The van der Waals surface area contributed by atoms with E-state index in [1.165, 1.54) is 12.1 Å². The SMILES string of the molecule is CCN1CCCN(C(=O)c2cccc(NS(=O)(=O)c3ccccc3)c2)CC1. The molecule has 6 nitrogen and oxygen atoms in total. The number of benzene rings is 2. The van der Waals surface area contributed by atoms with Crippen LogP contribution >= 0.6 is 0 Å². The molecule has 0 radical (unpaired) electrons. The van der Waals surface area contributed by atoms with Gasteiger partial charge < -0.3 is 9.80 Å². The molecule has 144 valence electrons. The Balaban J connectivity index is 1.74. The third-order valence-electron chi connectivity index (χ3n) is 4.74. The van der Waals surface area contributed by atoms with Gasteiger partial charge >= 0.3 is 0 Å². The zero-order chi connectivity index (χ0) is 19.3. The lowest BCUT2D eigenvalue weighted by molar-refractivity contribution is 0.0762. The molecule has 1 saturated heterocycles. The highest BCUT2D eigenvalue weighted by Gasteiger charge is 2.20. The normalized spacial score (nSPS) is 16.0. The second-order valence-corrected chi connectivity index (χ2v) is 8.26. The number of sulfonamides is 1. The van der Waals surface area contributed by atoms with Crippen molar-refractivity contribution in [3.63, 3.8) is 0 Å². The predicted octanol–water partition coefficient (Wildman–Crippen LogP) is 2.66. The van der Waals surface area contributed by atoms with E-state index in [4.69, 9.17) is 0 Å². The maximum atomic E-state index is 12.9.